The standard InChI is InChI=1S/C11H9ClN4/c1-7-5-8(2)16(15-7)11-10(12)9(6-13)3-4-14-11/h3-5H,1-2H3. The van der Waals surface area contributed by atoms with E-state index in [2.05, 4.69) is 10.1 Å². The van der Waals surface area contributed by atoms with Gasteiger partial charge in [0.05, 0.1) is 11.3 Å². The monoisotopic (exact) mass is 232 g/mol. The second-order valence-electron chi connectivity index (χ2n) is 3.45. The molecule has 0 aromatic carbocycles. The van der Waals surface area contributed by atoms with Gasteiger partial charge < -0.3 is 0 Å². The van der Waals surface area contributed by atoms with Gasteiger partial charge in [-0.15, -0.1) is 0 Å². The average molecular weight is 233 g/mol. The summed E-state index contributed by atoms with van der Waals surface area (Å²) in [6.45, 7) is 3.81. The normalized spacial score (nSPS) is 10.1. The number of nitriles is 1. The third kappa shape index (κ3) is 1.66. The highest BCUT2D eigenvalue weighted by atomic mass is 35.5. The molecule has 2 aromatic heterocycles. The van der Waals surface area contributed by atoms with Gasteiger partial charge >= 0.3 is 0 Å². The maximum atomic E-state index is 8.87. The van der Waals surface area contributed by atoms with Crippen LogP contribution >= 0.6 is 11.6 Å². The number of hydrogen-bond donors (Lipinski definition) is 0. The van der Waals surface area contributed by atoms with Crippen molar-refractivity contribution < 1.29 is 0 Å². The average Bonchev–Trinajstić information content (AvgIpc) is 2.58. The van der Waals surface area contributed by atoms with E-state index in [-0.39, 0.29) is 0 Å². The van der Waals surface area contributed by atoms with Crippen LogP contribution in [0.5, 0.6) is 0 Å². The minimum absolute atomic E-state index is 0.330. The third-order valence-electron chi connectivity index (χ3n) is 2.20. The summed E-state index contributed by atoms with van der Waals surface area (Å²) in [5.41, 5.74) is 2.22. The van der Waals surface area contributed by atoms with Crippen LogP contribution < -0.4 is 0 Å². The lowest BCUT2D eigenvalue weighted by Crippen LogP contribution is -2.03. The highest BCUT2D eigenvalue weighted by molar-refractivity contribution is 6.33. The minimum Gasteiger partial charge on any atom is -0.236 e. The predicted molar refractivity (Wildman–Crippen MR) is 60.6 cm³/mol. The molecule has 2 rings (SSSR count). The van der Waals surface area contributed by atoms with Crippen LogP contribution in [-0.4, -0.2) is 14.8 Å². The summed E-state index contributed by atoms with van der Waals surface area (Å²) >= 11 is 6.08. The SMILES string of the molecule is Cc1cc(C)n(-c2nccc(C#N)c2Cl)n1. The van der Waals surface area contributed by atoms with Crippen molar-refractivity contribution in [3.05, 3.63) is 40.3 Å². The quantitative estimate of drug-likeness (QED) is 0.759. The van der Waals surface area contributed by atoms with E-state index in [1.807, 2.05) is 26.0 Å². The molecule has 4 nitrogen and oxygen atoms in total. The highest BCUT2D eigenvalue weighted by Crippen LogP contribution is 2.22. The summed E-state index contributed by atoms with van der Waals surface area (Å²) in [5, 5.41) is 13.5. The van der Waals surface area contributed by atoms with Crippen molar-refractivity contribution in [2.75, 3.05) is 0 Å². The van der Waals surface area contributed by atoms with E-state index in [1.165, 1.54) is 0 Å². The second-order valence-corrected chi connectivity index (χ2v) is 3.82. The maximum absolute atomic E-state index is 8.87. The van der Waals surface area contributed by atoms with Gasteiger partial charge in [0.1, 0.15) is 11.1 Å². The van der Waals surface area contributed by atoms with Crippen molar-refractivity contribution in [3.63, 3.8) is 0 Å². The number of nitrogens with zero attached hydrogens (tertiary/aromatic N) is 4. The molecule has 0 fully saturated rings. The molecular weight excluding hydrogens is 224 g/mol. The van der Waals surface area contributed by atoms with Crippen LogP contribution in [0.15, 0.2) is 18.3 Å². The summed E-state index contributed by atoms with van der Waals surface area (Å²) in [6.07, 6.45) is 1.55. The summed E-state index contributed by atoms with van der Waals surface area (Å²) in [5.74, 6) is 0.492. The van der Waals surface area contributed by atoms with Gasteiger partial charge in [-0.25, -0.2) is 9.67 Å². The van der Waals surface area contributed by atoms with Crippen molar-refractivity contribution in [1.29, 1.82) is 5.26 Å². The molecule has 0 unspecified atom stereocenters. The van der Waals surface area contributed by atoms with Gasteiger partial charge in [-0.3, -0.25) is 0 Å². The fourth-order valence-electron chi connectivity index (χ4n) is 1.51. The molecule has 80 valence electrons. The van der Waals surface area contributed by atoms with Gasteiger partial charge in [0.15, 0.2) is 5.82 Å². The Morgan fingerprint density at radius 3 is 2.75 bits per heavy atom. The summed E-state index contributed by atoms with van der Waals surface area (Å²) in [6, 6.07) is 5.53. The molecule has 16 heavy (non-hydrogen) atoms. The Bertz CT molecular complexity index is 580. The molecule has 0 radical (unpaired) electrons. The Hall–Kier alpha value is -1.86. The molecule has 0 bridgehead atoms. The van der Waals surface area contributed by atoms with Crippen molar-refractivity contribution in [1.82, 2.24) is 14.8 Å². The highest BCUT2D eigenvalue weighted by Gasteiger charge is 2.12. The molecule has 0 saturated carbocycles. The Morgan fingerprint density at radius 1 is 1.44 bits per heavy atom. The lowest BCUT2D eigenvalue weighted by atomic mass is 10.3. The van der Waals surface area contributed by atoms with Crippen LogP contribution in [0.2, 0.25) is 5.02 Å². The Morgan fingerprint density at radius 2 is 2.19 bits per heavy atom. The van der Waals surface area contributed by atoms with Gasteiger partial charge in [-0.2, -0.15) is 10.4 Å². The second kappa shape index (κ2) is 3.95. The van der Waals surface area contributed by atoms with Crippen LogP contribution in [0.4, 0.5) is 0 Å². The van der Waals surface area contributed by atoms with Crippen LogP contribution in [-0.2, 0) is 0 Å². The van der Waals surface area contributed by atoms with Gasteiger partial charge in [0, 0.05) is 11.9 Å². The molecule has 0 aliphatic heterocycles. The van der Waals surface area contributed by atoms with Gasteiger partial charge in [0.25, 0.3) is 0 Å². The van der Waals surface area contributed by atoms with Gasteiger partial charge in [0.2, 0.25) is 0 Å². The van der Waals surface area contributed by atoms with Crippen molar-refractivity contribution in [3.8, 4) is 11.9 Å². The molecular formula is C11H9ClN4. The first kappa shape index (κ1) is 10.7. The number of rotatable bonds is 1. The molecule has 0 amide bonds. The Labute approximate surface area is 98.1 Å². The molecule has 0 atom stereocenters. The minimum atomic E-state index is 0.330. The van der Waals surface area contributed by atoms with E-state index < -0.39 is 0 Å². The molecule has 0 spiro atoms. The van der Waals surface area contributed by atoms with Crippen LogP contribution in [0.25, 0.3) is 5.82 Å². The van der Waals surface area contributed by atoms with Crippen LogP contribution in [0.1, 0.15) is 17.0 Å². The number of aryl methyl sites for hydroxylation is 2. The van der Waals surface area contributed by atoms with Gasteiger partial charge in [-0.1, -0.05) is 11.6 Å². The lowest BCUT2D eigenvalue weighted by molar-refractivity contribution is 0.806. The number of hydrogen-bond acceptors (Lipinski definition) is 3. The number of pyridine rings is 1. The number of aromatic nitrogens is 3. The zero-order chi connectivity index (χ0) is 11.7. The van der Waals surface area contributed by atoms with Crippen molar-refractivity contribution >= 4 is 11.6 Å². The lowest BCUT2D eigenvalue weighted by Gasteiger charge is -2.05. The summed E-state index contributed by atoms with van der Waals surface area (Å²) in [4.78, 5) is 4.15. The van der Waals surface area contributed by atoms with E-state index in [4.69, 9.17) is 16.9 Å². The summed E-state index contributed by atoms with van der Waals surface area (Å²) < 4.78 is 1.64. The fourth-order valence-corrected chi connectivity index (χ4v) is 1.74. The maximum Gasteiger partial charge on any atom is 0.173 e. The Balaban J connectivity index is 2.66. The smallest absolute Gasteiger partial charge is 0.173 e. The molecule has 2 aromatic rings. The van der Waals surface area contributed by atoms with Crippen molar-refractivity contribution in [2.24, 2.45) is 0 Å². The molecule has 0 aliphatic rings. The zero-order valence-corrected chi connectivity index (χ0v) is 9.65. The zero-order valence-electron chi connectivity index (χ0n) is 8.90. The molecule has 5 heteroatoms. The van der Waals surface area contributed by atoms with Crippen molar-refractivity contribution in [2.45, 2.75) is 13.8 Å². The number of halogens is 1. The van der Waals surface area contributed by atoms with Gasteiger partial charge in [-0.05, 0) is 26.0 Å². The Kier molecular flexibility index (Phi) is 2.63. The van der Waals surface area contributed by atoms with E-state index in [1.54, 1.807) is 16.9 Å². The topological polar surface area (TPSA) is 54.5 Å². The molecule has 0 aliphatic carbocycles. The first-order valence-corrected chi connectivity index (χ1v) is 5.09. The van der Waals surface area contributed by atoms with E-state index in [0.29, 0.717) is 16.4 Å². The molecule has 2 heterocycles. The largest absolute Gasteiger partial charge is 0.236 e. The summed E-state index contributed by atoms with van der Waals surface area (Å²) in [7, 11) is 0. The van der Waals surface area contributed by atoms with Crippen LogP contribution in [0.3, 0.4) is 0 Å². The fraction of sp³-hybridized carbons (Fsp3) is 0.182. The predicted octanol–water partition coefficient (Wildman–Crippen LogP) is 2.41. The molecule has 0 N–H and O–H groups in total. The van der Waals surface area contributed by atoms with E-state index >= 15 is 0 Å². The molecule has 0 saturated heterocycles. The first-order valence-electron chi connectivity index (χ1n) is 4.71. The van der Waals surface area contributed by atoms with Crippen LogP contribution in [0, 0.1) is 25.2 Å². The van der Waals surface area contributed by atoms with E-state index in [0.717, 1.165) is 11.4 Å². The third-order valence-corrected chi connectivity index (χ3v) is 2.57. The van der Waals surface area contributed by atoms with E-state index in [9.17, 15) is 0 Å². The first-order chi connectivity index (χ1) is 7.63.